The van der Waals surface area contributed by atoms with Crippen molar-refractivity contribution in [3.05, 3.63) is 106 Å². The highest BCUT2D eigenvalue weighted by Crippen LogP contribution is 2.23. The van der Waals surface area contributed by atoms with Gasteiger partial charge in [0.2, 0.25) is 0 Å². The third-order valence-corrected chi connectivity index (χ3v) is 7.84. The van der Waals surface area contributed by atoms with E-state index in [0.29, 0.717) is 28.7 Å². The maximum absolute atomic E-state index is 13.7. The molecule has 3 aromatic heterocycles. The zero-order valence-electron chi connectivity index (χ0n) is 28.1. The summed E-state index contributed by atoms with van der Waals surface area (Å²) in [5.41, 5.74) is 14.8. The summed E-state index contributed by atoms with van der Waals surface area (Å²) in [6.07, 6.45) is 6.25. The van der Waals surface area contributed by atoms with Crippen LogP contribution >= 0.6 is 0 Å². The van der Waals surface area contributed by atoms with Crippen LogP contribution in [-0.2, 0) is 26.9 Å². The third kappa shape index (κ3) is 7.76. The first-order chi connectivity index (χ1) is 23.1. The van der Waals surface area contributed by atoms with Crippen molar-refractivity contribution in [1.82, 2.24) is 34.0 Å². The molecule has 0 saturated carbocycles. The van der Waals surface area contributed by atoms with E-state index in [9.17, 15) is 9.59 Å². The number of allylic oxidation sites excluding steroid dienone is 1. The number of amides is 1. The van der Waals surface area contributed by atoms with E-state index < -0.39 is 5.91 Å². The maximum Gasteiger partial charge on any atom is 0.267 e. The number of nitrogen functional groups attached to an aromatic ring is 1. The number of anilines is 1. The second-order valence-electron chi connectivity index (χ2n) is 10.8. The number of para-hydroxylation sites is 1. The second kappa shape index (κ2) is 16.2. The number of hydrogen-bond acceptors (Lipinski definition) is 8. The predicted octanol–water partition coefficient (Wildman–Crippen LogP) is 3.96. The molecule has 0 aliphatic carbocycles. The lowest BCUT2D eigenvalue weighted by Crippen LogP contribution is -2.26. The van der Waals surface area contributed by atoms with Crippen molar-refractivity contribution in [2.45, 2.75) is 33.6 Å². The quantitative estimate of drug-likeness (QED) is 0.172. The largest absolute Gasteiger partial charge is 0.381 e. The van der Waals surface area contributed by atoms with Gasteiger partial charge < -0.3 is 16.4 Å². The summed E-state index contributed by atoms with van der Waals surface area (Å²) in [5, 5.41) is 8.81. The smallest absolute Gasteiger partial charge is 0.267 e. The molecule has 2 aromatic carbocycles. The Balaban J connectivity index is 0.000000312. The number of rotatable bonds is 10. The van der Waals surface area contributed by atoms with Crippen LogP contribution in [0.3, 0.4) is 0 Å². The topological polar surface area (TPSA) is 155 Å². The number of likely N-dealkylation sites (N-methyl/N-ethyl adjacent to an activating group) is 1. The molecule has 0 saturated heterocycles. The van der Waals surface area contributed by atoms with Gasteiger partial charge in [-0.3, -0.25) is 18.8 Å². The van der Waals surface area contributed by atoms with Gasteiger partial charge in [-0.25, -0.2) is 14.7 Å². The lowest BCUT2D eigenvalue weighted by atomic mass is 10.1. The molecule has 12 heteroatoms. The van der Waals surface area contributed by atoms with E-state index in [1.54, 1.807) is 11.6 Å². The molecule has 0 fully saturated rings. The molecule has 3 heterocycles. The Morgan fingerprint density at radius 3 is 2.38 bits per heavy atom. The Morgan fingerprint density at radius 2 is 1.73 bits per heavy atom. The van der Waals surface area contributed by atoms with E-state index in [1.165, 1.54) is 17.0 Å². The lowest BCUT2D eigenvalue weighted by Gasteiger charge is -2.17. The van der Waals surface area contributed by atoms with E-state index >= 15 is 0 Å². The number of aromatic nitrogens is 6. The van der Waals surface area contributed by atoms with Crippen LogP contribution in [0.4, 0.5) is 11.6 Å². The van der Waals surface area contributed by atoms with Crippen LogP contribution in [0, 0.1) is 11.8 Å². The van der Waals surface area contributed by atoms with Gasteiger partial charge in [-0.05, 0) is 37.4 Å². The molecule has 0 radical (unpaired) electrons. The average molecular weight is 647 g/mol. The minimum atomic E-state index is -0.646. The summed E-state index contributed by atoms with van der Waals surface area (Å²) < 4.78 is 4.98. The molecule has 12 nitrogen and oxygen atoms in total. The zero-order valence-corrected chi connectivity index (χ0v) is 28.1. The summed E-state index contributed by atoms with van der Waals surface area (Å²) in [7, 11) is 3.58. The number of carbonyl (C=O) groups excluding carboxylic acids is 1. The van der Waals surface area contributed by atoms with Gasteiger partial charge in [-0.15, -0.1) is 0 Å². The Labute approximate surface area is 280 Å². The average Bonchev–Trinajstić information content (AvgIpc) is 3.59. The molecule has 5 rings (SSSR count). The highest BCUT2D eigenvalue weighted by Gasteiger charge is 2.18. The van der Waals surface area contributed by atoms with E-state index in [2.05, 4.69) is 52.4 Å². The molecule has 5 aromatic rings. The fraction of sp³-hybridized carbons (Fsp3) is 0.278. The van der Waals surface area contributed by atoms with Gasteiger partial charge in [0.15, 0.2) is 11.6 Å². The van der Waals surface area contributed by atoms with Crippen LogP contribution in [0.25, 0.3) is 16.6 Å². The van der Waals surface area contributed by atoms with Crippen molar-refractivity contribution in [1.29, 1.82) is 0 Å². The summed E-state index contributed by atoms with van der Waals surface area (Å²) in [4.78, 5) is 35.8. The molecular weight excluding hydrogens is 604 g/mol. The van der Waals surface area contributed by atoms with Gasteiger partial charge in [0.25, 0.3) is 11.5 Å². The first-order valence-corrected chi connectivity index (χ1v) is 15.8. The Morgan fingerprint density at radius 1 is 1.02 bits per heavy atom. The number of fused-ring (bicyclic) bond motifs is 1. The molecule has 0 aliphatic heterocycles. The van der Waals surface area contributed by atoms with E-state index in [1.807, 2.05) is 73.4 Å². The van der Waals surface area contributed by atoms with E-state index in [-0.39, 0.29) is 16.9 Å². The van der Waals surface area contributed by atoms with Gasteiger partial charge in [0.05, 0.1) is 34.0 Å². The van der Waals surface area contributed by atoms with Crippen LogP contribution in [0.2, 0.25) is 0 Å². The molecule has 48 heavy (non-hydrogen) atoms. The van der Waals surface area contributed by atoms with Crippen LogP contribution in [0.5, 0.6) is 0 Å². The fourth-order valence-electron chi connectivity index (χ4n) is 5.31. The number of hydrogen-bond donors (Lipinski definition) is 2. The molecule has 0 spiro atoms. The molecular formula is C36H42N10O2. The van der Waals surface area contributed by atoms with Crippen LogP contribution in [-0.4, -0.2) is 65.8 Å². The van der Waals surface area contributed by atoms with Gasteiger partial charge in [-0.2, -0.15) is 10.2 Å². The minimum Gasteiger partial charge on any atom is -0.381 e. The van der Waals surface area contributed by atoms with E-state index in [0.717, 1.165) is 48.8 Å². The van der Waals surface area contributed by atoms with Crippen molar-refractivity contribution in [2.75, 3.05) is 25.4 Å². The standard InChI is InChI=1S/C28H31N5O.C8H11N5O/c1-5-26-30-24-15-11-12-21(27(24)28(34)33(26)23-13-9-8-10-14-23)16-17-22-20-29-31(4)25(22)18-19-32(6-2)7-3;1-3-4-11-8-5(7(10)14)6(9)12-13(8)2/h8-15,20H,5-7,18-19H2,1-4H3;3-4H,1H2,2H3,(H2,9,12)(H2,10,14)/b;11-4-. The van der Waals surface area contributed by atoms with Gasteiger partial charge >= 0.3 is 0 Å². The molecule has 0 bridgehead atoms. The number of nitrogens with zero attached hydrogens (tertiary/aromatic N) is 8. The number of benzene rings is 2. The van der Waals surface area contributed by atoms with Crippen LogP contribution in [0.1, 0.15) is 53.8 Å². The number of primary amides is 1. The van der Waals surface area contributed by atoms with Crippen LogP contribution in [0.15, 0.2) is 77.2 Å². The fourth-order valence-corrected chi connectivity index (χ4v) is 5.31. The normalized spacial score (nSPS) is 11.0. The summed E-state index contributed by atoms with van der Waals surface area (Å²) >= 11 is 0. The van der Waals surface area contributed by atoms with Crippen molar-refractivity contribution >= 4 is 34.7 Å². The van der Waals surface area contributed by atoms with Crippen molar-refractivity contribution in [3.63, 3.8) is 0 Å². The lowest BCUT2D eigenvalue weighted by molar-refractivity contribution is 0.100. The Kier molecular flexibility index (Phi) is 11.8. The highest BCUT2D eigenvalue weighted by molar-refractivity contribution is 6.02. The summed E-state index contributed by atoms with van der Waals surface area (Å²) in [6.45, 7) is 12.8. The maximum atomic E-state index is 13.7. The third-order valence-electron chi connectivity index (χ3n) is 7.84. The van der Waals surface area contributed by atoms with Crippen molar-refractivity contribution in [2.24, 2.45) is 24.8 Å². The molecule has 1 amide bonds. The SMILES string of the molecule is C=C/C=N\c1c(C(N)=O)c(N)nn1C.CCc1nc2cccc(C#Cc3cnn(C)c3CCN(CC)CC)c2c(=O)n1-c1ccccc1. The highest BCUT2D eigenvalue weighted by atomic mass is 16.1. The van der Waals surface area contributed by atoms with Gasteiger partial charge in [0, 0.05) is 45.3 Å². The molecule has 248 valence electrons. The zero-order chi connectivity index (χ0) is 34.8. The summed E-state index contributed by atoms with van der Waals surface area (Å²) in [6, 6.07) is 15.4. The number of carbonyl (C=O) groups is 1. The van der Waals surface area contributed by atoms with Gasteiger partial charge in [-0.1, -0.05) is 69.5 Å². The van der Waals surface area contributed by atoms with Crippen molar-refractivity contribution < 1.29 is 4.79 Å². The van der Waals surface area contributed by atoms with Gasteiger partial charge in [0.1, 0.15) is 11.4 Å². The number of aliphatic imine (C=N–C) groups is 1. The second-order valence-corrected chi connectivity index (χ2v) is 10.8. The van der Waals surface area contributed by atoms with Crippen molar-refractivity contribution in [3.8, 4) is 17.5 Å². The molecule has 0 atom stereocenters. The molecule has 0 aliphatic rings. The first kappa shape index (κ1) is 35.1. The number of aryl methyl sites for hydroxylation is 3. The predicted molar refractivity (Wildman–Crippen MR) is 192 cm³/mol. The molecule has 0 unspecified atom stereocenters. The minimum absolute atomic E-state index is 0.0798. The van der Waals surface area contributed by atoms with Crippen LogP contribution < -0.4 is 17.0 Å². The Bertz CT molecular complexity index is 2060. The number of nitrogens with two attached hydrogens (primary N) is 2. The molecule has 4 N–H and O–H groups in total. The van der Waals surface area contributed by atoms with E-state index in [4.69, 9.17) is 16.5 Å². The first-order valence-electron chi connectivity index (χ1n) is 15.8. The Hall–Kier alpha value is -5.80. The summed E-state index contributed by atoms with van der Waals surface area (Å²) in [5.74, 6) is 7.05. The monoisotopic (exact) mass is 646 g/mol.